The van der Waals surface area contributed by atoms with E-state index in [9.17, 15) is 19.6 Å². The van der Waals surface area contributed by atoms with E-state index < -0.39 is 13.2 Å². The van der Waals surface area contributed by atoms with Gasteiger partial charge in [-0.15, -0.1) is 0 Å². The third kappa shape index (κ3) is 5.71. The molecule has 0 bridgehead atoms. The molecule has 1 aliphatic carbocycles. The molecule has 0 aromatic heterocycles. The van der Waals surface area contributed by atoms with Crippen molar-refractivity contribution in [2.75, 3.05) is 0 Å². The van der Waals surface area contributed by atoms with Crippen molar-refractivity contribution in [2.45, 2.75) is 57.7 Å². The third-order valence-electron chi connectivity index (χ3n) is 5.66. The summed E-state index contributed by atoms with van der Waals surface area (Å²) in [4.78, 5) is 27.5. The van der Waals surface area contributed by atoms with Gasteiger partial charge in [0.1, 0.15) is 6.04 Å². The van der Waals surface area contributed by atoms with Gasteiger partial charge in [0.05, 0.1) is 0 Å². The van der Waals surface area contributed by atoms with Gasteiger partial charge >= 0.3 is 7.12 Å². The average Bonchev–Trinajstić information content (AvgIpc) is 2.75. The van der Waals surface area contributed by atoms with E-state index in [2.05, 4.69) is 5.32 Å². The monoisotopic (exact) mass is 408 g/mol. The number of hydrogen-bond donors (Lipinski definition) is 3. The van der Waals surface area contributed by atoms with Crippen molar-refractivity contribution in [2.24, 2.45) is 0 Å². The SMILES string of the molecule is CC(=O)N(Cc1ccc(B(O)O)cc1)C(C(=O)NC1CCCCC1)c1ccccc1. The molecule has 1 aliphatic rings. The number of nitrogens with zero attached hydrogens (tertiary/aromatic N) is 1. The number of rotatable bonds is 7. The summed E-state index contributed by atoms with van der Waals surface area (Å²) in [5.74, 6) is -0.361. The second-order valence-electron chi connectivity index (χ2n) is 7.92. The summed E-state index contributed by atoms with van der Waals surface area (Å²) in [7, 11) is -1.54. The predicted octanol–water partition coefficient (Wildman–Crippen LogP) is 1.91. The Kier molecular flexibility index (Phi) is 7.66. The highest BCUT2D eigenvalue weighted by atomic mass is 16.4. The summed E-state index contributed by atoms with van der Waals surface area (Å²) in [6.45, 7) is 1.71. The first-order chi connectivity index (χ1) is 14.5. The summed E-state index contributed by atoms with van der Waals surface area (Å²) >= 11 is 0. The Morgan fingerprint density at radius 2 is 1.67 bits per heavy atom. The van der Waals surface area contributed by atoms with Gasteiger partial charge in [0, 0.05) is 19.5 Å². The number of nitrogens with one attached hydrogen (secondary N) is 1. The van der Waals surface area contributed by atoms with Crippen LogP contribution in [0.4, 0.5) is 0 Å². The van der Waals surface area contributed by atoms with Crippen molar-refractivity contribution in [3.05, 3.63) is 65.7 Å². The molecule has 0 aliphatic heterocycles. The van der Waals surface area contributed by atoms with E-state index >= 15 is 0 Å². The lowest BCUT2D eigenvalue weighted by Crippen LogP contribution is -2.46. The maximum absolute atomic E-state index is 13.3. The first kappa shape index (κ1) is 22.1. The number of benzene rings is 2. The van der Waals surface area contributed by atoms with Crippen molar-refractivity contribution in [3.8, 4) is 0 Å². The van der Waals surface area contributed by atoms with Gasteiger partial charge in [-0.25, -0.2) is 0 Å². The number of hydrogen-bond acceptors (Lipinski definition) is 4. The van der Waals surface area contributed by atoms with Crippen LogP contribution in [0.15, 0.2) is 54.6 Å². The van der Waals surface area contributed by atoms with Gasteiger partial charge in [0.15, 0.2) is 0 Å². The van der Waals surface area contributed by atoms with Crippen LogP contribution in [0.2, 0.25) is 0 Å². The molecule has 0 heterocycles. The van der Waals surface area contributed by atoms with Crippen LogP contribution < -0.4 is 10.8 Å². The Balaban J connectivity index is 1.86. The zero-order valence-electron chi connectivity index (χ0n) is 17.3. The lowest BCUT2D eigenvalue weighted by molar-refractivity contribution is -0.140. The van der Waals surface area contributed by atoms with E-state index in [1.807, 2.05) is 30.3 Å². The van der Waals surface area contributed by atoms with Crippen molar-refractivity contribution in [1.82, 2.24) is 10.2 Å². The van der Waals surface area contributed by atoms with Crippen molar-refractivity contribution < 1.29 is 19.6 Å². The van der Waals surface area contributed by atoms with Gasteiger partial charge < -0.3 is 20.3 Å². The highest BCUT2D eigenvalue weighted by Gasteiger charge is 2.31. The zero-order valence-corrected chi connectivity index (χ0v) is 17.3. The Labute approximate surface area is 178 Å². The number of carbonyl (C=O) groups excluding carboxylic acids is 2. The molecule has 30 heavy (non-hydrogen) atoms. The van der Waals surface area contributed by atoms with E-state index in [0.717, 1.165) is 36.8 Å². The maximum atomic E-state index is 13.3. The van der Waals surface area contributed by atoms with E-state index in [4.69, 9.17) is 0 Å². The highest BCUT2D eigenvalue weighted by molar-refractivity contribution is 6.58. The van der Waals surface area contributed by atoms with Gasteiger partial charge in [-0.3, -0.25) is 9.59 Å². The molecule has 0 radical (unpaired) electrons. The number of carbonyl (C=O) groups is 2. The molecule has 1 saturated carbocycles. The molecule has 1 fully saturated rings. The average molecular weight is 408 g/mol. The van der Waals surface area contributed by atoms with Crippen molar-refractivity contribution in [1.29, 1.82) is 0 Å². The minimum Gasteiger partial charge on any atom is -0.423 e. The fraction of sp³-hybridized carbons (Fsp3) is 0.391. The van der Waals surface area contributed by atoms with Gasteiger partial charge in [0.2, 0.25) is 11.8 Å². The molecule has 0 saturated heterocycles. The van der Waals surface area contributed by atoms with Gasteiger partial charge in [-0.1, -0.05) is 73.9 Å². The standard InChI is InChI=1S/C23H29BN2O4/c1-17(27)26(16-18-12-14-20(15-13-18)24(29)30)22(19-8-4-2-5-9-19)23(28)25-21-10-6-3-7-11-21/h2,4-5,8-9,12-15,21-22,29-30H,3,6-7,10-11,16H2,1H3,(H,25,28). The third-order valence-corrected chi connectivity index (χ3v) is 5.66. The molecule has 1 atom stereocenters. The van der Waals surface area contributed by atoms with E-state index in [0.29, 0.717) is 5.46 Å². The summed E-state index contributed by atoms with van der Waals surface area (Å²) in [5, 5.41) is 21.7. The Bertz CT molecular complexity index is 836. The molecule has 6 nitrogen and oxygen atoms in total. The molecule has 2 amide bonds. The molecule has 158 valence electrons. The zero-order chi connectivity index (χ0) is 21.5. The molecule has 3 rings (SSSR count). The van der Waals surface area contributed by atoms with Crippen LogP contribution in [-0.4, -0.2) is 39.9 Å². The Hall–Kier alpha value is -2.64. The molecule has 2 aromatic carbocycles. The van der Waals surface area contributed by atoms with Gasteiger partial charge in [-0.2, -0.15) is 0 Å². The first-order valence-corrected chi connectivity index (χ1v) is 10.5. The topological polar surface area (TPSA) is 89.9 Å². The van der Waals surface area contributed by atoms with E-state index in [1.165, 1.54) is 13.3 Å². The molecular formula is C23H29BN2O4. The first-order valence-electron chi connectivity index (χ1n) is 10.5. The second kappa shape index (κ2) is 10.4. The Morgan fingerprint density at radius 3 is 2.23 bits per heavy atom. The van der Waals surface area contributed by atoms with Crippen LogP contribution in [0, 0.1) is 0 Å². The summed E-state index contributed by atoms with van der Waals surface area (Å²) < 4.78 is 0. The van der Waals surface area contributed by atoms with Crippen LogP contribution >= 0.6 is 0 Å². The second-order valence-corrected chi connectivity index (χ2v) is 7.92. The Morgan fingerprint density at radius 1 is 1.03 bits per heavy atom. The van der Waals surface area contributed by atoms with Crippen LogP contribution in [0.1, 0.15) is 56.2 Å². The highest BCUT2D eigenvalue weighted by Crippen LogP contribution is 2.25. The van der Waals surface area contributed by atoms with Gasteiger partial charge in [-0.05, 0) is 29.4 Å². The normalized spacial score (nSPS) is 15.3. The van der Waals surface area contributed by atoms with Crippen LogP contribution in [0.5, 0.6) is 0 Å². The molecule has 2 aromatic rings. The smallest absolute Gasteiger partial charge is 0.423 e. The van der Waals surface area contributed by atoms with Crippen molar-refractivity contribution in [3.63, 3.8) is 0 Å². The largest absolute Gasteiger partial charge is 0.488 e. The fourth-order valence-corrected chi connectivity index (χ4v) is 4.01. The van der Waals surface area contributed by atoms with Crippen LogP contribution in [-0.2, 0) is 16.1 Å². The minimum atomic E-state index is -1.54. The number of amides is 2. The van der Waals surface area contributed by atoms with Crippen LogP contribution in [0.25, 0.3) is 0 Å². The predicted molar refractivity (Wildman–Crippen MR) is 117 cm³/mol. The van der Waals surface area contributed by atoms with Crippen LogP contribution in [0.3, 0.4) is 0 Å². The summed E-state index contributed by atoms with van der Waals surface area (Å²) in [5.41, 5.74) is 1.95. The molecule has 3 N–H and O–H groups in total. The molecule has 0 spiro atoms. The van der Waals surface area contributed by atoms with Crippen molar-refractivity contribution >= 4 is 24.4 Å². The van der Waals surface area contributed by atoms with E-state index in [1.54, 1.807) is 29.2 Å². The van der Waals surface area contributed by atoms with Gasteiger partial charge in [0.25, 0.3) is 0 Å². The fourth-order valence-electron chi connectivity index (χ4n) is 4.01. The minimum absolute atomic E-state index is 0.150. The summed E-state index contributed by atoms with van der Waals surface area (Å²) in [6.07, 6.45) is 5.37. The molecule has 7 heteroatoms. The maximum Gasteiger partial charge on any atom is 0.488 e. The molecule has 1 unspecified atom stereocenters. The lowest BCUT2D eigenvalue weighted by atomic mass is 9.80. The molecular weight excluding hydrogens is 379 g/mol. The van der Waals surface area contributed by atoms with E-state index in [-0.39, 0.29) is 24.4 Å². The lowest BCUT2D eigenvalue weighted by Gasteiger charge is -2.33. The quantitative estimate of drug-likeness (QED) is 0.611. The summed E-state index contributed by atoms with van der Waals surface area (Å²) in [6, 6.07) is 15.5.